The van der Waals surface area contributed by atoms with E-state index < -0.39 is 0 Å². The molecule has 0 rings (SSSR count). The molecule has 0 fully saturated rings. The molecule has 0 saturated heterocycles. The molecule has 0 aromatic carbocycles. The Bertz CT molecular complexity index is 22.3. The van der Waals surface area contributed by atoms with Crippen molar-refractivity contribution in [3.8, 4) is 0 Å². The van der Waals surface area contributed by atoms with Gasteiger partial charge in [-0.25, -0.2) is 0 Å². The van der Waals surface area contributed by atoms with Gasteiger partial charge in [0.25, 0.3) is 0 Å². The van der Waals surface area contributed by atoms with Gasteiger partial charge in [0.1, 0.15) is 0 Å². The molecule has 264 valence electrons. The molecule has 0 unspecified atom stereocenters. The quantitative estimate of drug-likeness (QED) is 0.190. The number of hydrogen-bond donors (Lipinski definition) is 2. The molecule has 0 heterocycles. The van der Waals surface area contributed by atoms with Crippen molar-refractivity contribution in [2.45, 2.75) is 203 Å². The Labute approximate surface area is 282 Å². The average molecular weight is 787 g/mol. The van der Waals surface area contributed by atoms with Crippen molar-refractivity contribution in [2.75, 3.05) is 24.0 Å². The molecule has 0 aliphatic rings. The van der Waals surface area contributed by atoms with E-state index in [0.717, 1.165) is 0 Å². The predicted molar refractivity (Wildman–Crippen MR) is 230 cm³/mol. The normalized spacial score (nSPS) is 2.59. The molecule has 4 N–H and O–H groups in total. The maximum Gasteiger partial charge on any atom is -0.0121 e. The Balaban J connectivity index is -0.00000000385. The third-order valence-electron chi connectivity index (χ3n) is 0. The number of alkyl halides is 2. The van der Waals surface area contributed by atoms with Crippen molar-refractivity contribution in [1.29, 1.82) is 0 Å². The van der Waals surface area contributed by atoms with Gasteiger partial charge < -0.3 is 11.5 Å². The van der Waals surface area contributed by atoms with Crippen LogP contribution in [0.4, 0.5) is 0 Å². The molecule has 4 heteroatoms. The van der Waals surface area contributed by atoms with Gasteiger partial charge in [-0.1, -0.05) is 248 Å². The fraction of sp³-hybridized carbons (Fsp3) is 1.00. The number of halogens is 2. The maximum absolute atomic E-state index is 4.50. The first-order chi connectivity index (χ1) is 16.0. The van der Waals surface area contributed by atoms with Crippen LogP contribution in [0.5, 0.6) is 0 Å². The highest BCUT2D eigenvalue weighted by Gasteiger charge is 0.963. The first-order valence-electron chi connectivity index (χ1n) is 13.9. The van der Waals surface area contributed by atoms with Crippen molar-refractivity contribution in [1.82, 2.24) is 0 Å². The third kappa shape index (κ3) is 24600. The molecule has 0 bridgehead atoms. The molecule has 0 amide bonds. The van der Waals surface area contributed by atoms with Crippen LogP contribution in [0, 0.1) is 0 Å². The van der Waals surface area contributed by atoms with E-state index >= 15 is 0 Å². The van der Waals surface area contributed by atoms with Gasteiger partial charge in [0.15, 0.2) is 0 Å². The van der Waals surface area contributed by atoms with E-state index in [1.807, 2.05) is 176 Å². The lowest BCUT2D eigenvalue weighted by molar-refractivity contribution is 1.48. The van der Waals surface area contributed by atoms with E-state index in [-0.39, 0.29) is 37.1 Å². The van der Waals surface area contributed by atoms with E-state index in [1.165, 1.54) is 14.1 Å². The highest BCUT2D eigenvalue weighted by molar-refractivity contribution is 14.1. The fourth-order valence-corrected chi connectivity index (χ4v) is 0. The zero-order chi connectivity index (χ0) is 32.0. The first kappa shape index (κ1) is 178. The van der Waals surface area contributed by atoms with Crippen molar-refractivity contribution in [2.24, 2.45) is 11.5 Å². The summed E-state index contributed by atoms with van der Waals surface area (Å²) in [5, 5.41) is 0. The second-order valence-electron chi connectivity index (χ2n) is 0. The minimum absolute atomic E-state index is 0. The SMILES string of the molecule is C.C.C.C.C.CC.CC.CC.CC.CC.CC.CC.CC.CC.CC.CC.CC.CI.CI.CN.CN. The van der Waals surface area contributed by atoms with E-state index in [0.29, 0.717) is 0 Å². The molecule has 0 radical (unpaired) electrons. The minimum atomic E-state index is 0. The Kier molecular flexibility index (Phi) is 125000. The second-order valence-corrected chi connectivity index (χ2v) is 0. The summed E-state index contributed by atoms with van der Waals surface area (Å²) in [7, 11) is 3.00. The second kappa shape index (κ2) is 26000. The summed E-state index contributed by atoms with van der Waals surface area (Å²) in [6, 6.07) is 0. The van der Waals surface area contributed by atoms with Crippen LogP contribution in [0.15, 0.2) is 0 Å². The van der Waals surface area contributed by atoms with Gasteiger partial charge >= 0.3 is 0 Å². The van der Waals surface area contributed by atoms with Gasteiger partial charge in [-0.3, -0.25) is 0 Å². The molecular formula is C33H108I2N2. The van der Waals surface area contributed by atoms with E-state index in [9.17, 15) is 0 Å². The molecule has 0 aromatic heterocycles. The van der Waals surface area contributed by atoms with Crippen LogP contribution in [0.2, 0.25) is 0 Å². The summed E-state index contributed by atoms with van der Waals surface area (Å²) in [5.74, 6) is 0. The molecule has 0 atom stereocenters. The summed E-state index contributed by atoms with van der Waals surface area (Å²) in [4.78, 5) is 3.94. The number of nitrogens with two attached hydrogens (primary N) is 2. The largest absolute Gasteiger partial charge is 0.333 e. The van der Waals surface area contributed by atoms with Gasteiger partial charge in [-0.05, 0) is 24.0 Å². The molecule has 37 heavy (non-hydrogen) atoms. The minimum Gasteiger partial charge on any atom is -0.333 e. The zero-order valence-corrected chi connectivity index (χ0v) is 34.2. The smallest absolute Gasteiger partial charge is 0.0121 e. The van der Waals surface area contributed by atoms with E-state index in [4.69, 9.17) is 0 Å². The highest BCUT2D eigenvalue weighted by Crippen LogP contribution is 1.48. The monoisotopic (exact) mass is 787 g/mol. The highest BCUT2D eigenvalue weighted by atomic mass is 127. The van der Waals surface area contributed by atoms with Gasteiger partial charge in [-0.15, -0.1) is 0 Å². The van der Waals surface area contributed by atoms with Crippen molar-refractivity contribution in [3.63, 3.8) is 0 Å². The Morgan fingerprint density at radius 2 is 0.189 bits per heavy atom. The summed E-state index contributed by atoms with van der Waals surface area (Å²) in [6.45, 7) is 48.0. The van der Waals surface area contributed by atoms with Crippen molar-refractivity contribution >= 4 is 45.2 Å². The Morgan fingerprint density at radius 3 is 0.189 bits per heavy atom. The van der Waals surface area contributed by atoms with Crippen LogP contribution >= 0.6 is 45.2 Å². The molecule has 0 aromatic rings. The van der Waals surface area contributed by atoms with Crippen molar-refractivity contribution in [3.05, 3.63) is 0 Å². The lowest BCUT2D eigenvalue weighted by Gasteiger charge is -1.19. The van der Waals surface area contributed by atoms with Crippen LogP contribution in [-0.2, 0) is 0 Å². The van der Waals surface area contributed by atoms with Gasteiger partial charge in [0.2, 0.25) is 0 Å². The van der Waals surface area contributed by atoms with Crippen LogP contribution < -0.4 is 11.5 Å². The number of hydrogen-bond acceptors (Lipinski definition) is 2. The molecule has 2 nitrogen and oxygen atoms in total. The van der Waals surface area contributed by atoms with Crippen LogP contribution in [0.3, 0.4) is 0 Å². The first-order valence-corrected chi connectivity index (χ1v) is 18.2. The van der Waals surface area contributed by atoms with E-state index in [2.05, 4.69) is 56.6 Å². The van der Waals surface area contributed by atoms with E-state index in [1.54, 1.807) is 0 Å². The molecular weight excluding hydrogens is 678 g/mol. The Morgan fingerprint density at radius 1 is 0.189 bits per heavy atom. The van der Waals surface area contributed by atoms with Crippen LogP contribution in [0.25, 0.3) is 0 Å². The third-order valence-corrected chi connectivity index (χ3v) is 0. The van der Waals surface area contributed by atoms with Gasteiger partial charge in [0, 0.05) is 0 Å². The average Bonchev–Trinajstić information content (AvgIpc) is 3.05. The van der Waals surface area contributed by atoms with Gasteiger partial charge in [0.05, 0.1) is 0 Å². The lowest BCUT2D eigenvalue weighted by atomic mass is 11.0. The summed E-state index contributed by atoms with van der Waals surface area (Å²) in [6.07, 6.45) is 0. The molecule has 0 saturated carbocycles. The predicted octanol–water partition coefficient (Wildman–Crippen LogP) is 16.7. The topological polar surface area (TPSA) is 52.0 Å². The van der Waals surface area contributed by atoms with Crippen molar-refractivity contribution < 1.29 is 0 Å². The fourth-order valence-electron chi connectivity index (χ4n) is 0. The molecule has 0 spiro atoms. The molecule has 0 aliphatic heterocycles. The standard InChI is InChI=1S/12C2H6.2CH3I.2CH5N.5CH4/c16*1-2;;;;;/h12*1-2H3;2*1H3;2*2H2,1H3;5*1H4. The molecule has 0 aliphatic carbocycles. The van der Waals surface area contributed by atoms with Crippen LogP contribution in [0.1, 0.15) is 203 Å². The summed E-state index contributed by atoms with van der Waals surface area (Å²) >= 11 is 4.30. The lowest BCUT2D eigenvalue weighted by Crippen LogP contribution is -1.69. The maximum atomic E-state index is 4.50. The summed E-state index contributed by atoms with van der Waals surface area (Å²) < 4.78 is 0. The van der Waals surface area contributed by atoms with Crippen LogP contribution in [-0.4, -0.2) is 24.0 Å². The summed E-state index contributed by atoms with van der Waals surface area (Å²) in [5.41, 5.74) is 9.00. The Hall–Kier alpha value is 1.38. The van der Waals surface area contributed by atoms with Gasteiger partial charge in [-0.2, -0.15) is 0 Å². The zero-order valence-electron chi connectivity index (χ0n) is 29.9. The number of rotatable bonds is 0.